The molecule has 0 bridgehead atoms. The third-order valence-corrected chi connectivity index (χ3v) is 1.23. The van der Waals surface area contributed by atoms with Gasteiger partial charge in [-0.05, 0) is 0 Å². The summed E-state index contributed by atoms with van der Waals surface area (Å²) in [5.41, 5.74) is 0.354. The number of nitrogens with one attached hydrogen (secondary N) is 1. The number of hydrogen-bond donors (Lipinski definition) is 2. The van der Waals surface area contributed by atoms with Crippen molar-refractivity contribution in [3.8, 4) is 0 Å². The number of amides is 2. The molecule has 1 fully saturated rings. The number of rotatable bonds is 1. The number of carbonyl (C=O) groups excluding carboxylic acids is 2. The minimum Gasteiger partial charge on any atom is -0.392 e. The first kappa shape index (κ1) is 6.95. The number of carbonyl (C=O) groups is 2. The van der Waals surface area contributed by atoms with Crippen molar-refractivity contribution in [3.63, 3.8) is 0 Å². The lowest BCUT2D eigenvalue weighted by atomic mass is 10.2. The van der Waals surface area contributed by atoms with Gasteiger partial charge in [-0.15, -0.1) is 0 Å². The Labute approximate surface area is 57.5 Å². The molecule has 0 aromatic carbocycles. The van der Waals surface area contributed by atoms with Gasteiger partial charge in [0.1, 0.15) is 0 Å². The standard InChI is InChI=1S/C6H7NO3/c8-2-1-4-3-5(9)7-6(4)10/h1,8H,2-3H2,(H,7,9,10). The van der Waals surface area contributed by atoms with Gasteiger partial charge in [-0.25, -0.2) is 0 Å². The smallest absolute Gasteiger partial charge is 0.254 e. The summed E-state index contributed by atoms with van der Waals surface area (Å²) in [5, 5.41) is 10.5. The van der Waals surface area contributed by atoms with Crippen molar-refractivity contribution in [1.29, 1.82) is 0 Å². The van der Waals surface area contributed by atoms with E-state index in [4.69, 9.17) is 5.11 Å². The molecule has 1 saturated heterocycles. The van der Waals surface area contributed by atoms with Crippen molar-refractivity contribution < 1.29 is 14.7 Å². The molecule has 1 heterocycles. The summed E-state index contributed by atoms with van der Waals surface area (Å²) in [7, 11) is 0. The normalized spacial score (nSPS) is 21.9. The second-order valence-electron chi connectivity index (χ2n) is 1.97. The van der Waals surface area contributed by atoms with Crippen molar-refractivity contribution in [3.05, 3.63) is 11.6 Å². The molecule has 1 aliphatic heterocycles. The van der Waals surface area contributed by atoms with Crippen LogP contribution in [0.5, 0.6) is 0 Å². The van der Waals surface area contributed by atoms with Crippen LogP contribution in [-0.2, 0) is 9.59 Å². The predicted octanol–water partition coefficient (Wildman–Crippen LogP) is -1.05. The third-order valence-electron chi connectivity index (χ3n) is 1.23. The van der Waals surface area contributed by atoms with Gasteiger partial charge in [-0.1, -0.05) is 6.08 Å². The lowest BCUT2D eigenvalue weighted by Gasteiger charge is -1.86. The number of hydrogen-bond acceptors (Lipinski definition) is 3. The van der Waals surface area contributed by atoms with Crippen LogP contribution in [0.25, 0.3) is 0 Å². The summed E-state index contributed by atoms with van der Waals surface area (Å²) in [6.45, 7) is -0.198. The van der Waals surface area contributed by atoms with Gasteiger partial charge in [-0.3, -0.25) is 14.9 Å². The highest BCUT2D eigenvalue weighted by Crippen LogP contribution is 2.07. The minimum absolute atomic E-state index is 0.0966. The SMILES string of the molecule is O=C1CC(=CCO)C(=O)N1. The maximum atomic E-state index is 10.7. The van der Waals surface area contributed by atoms with E-state index in [0.29, 0.717) is 5.57 Å². The van der Waals surface area contributed by atoms with E-state index in [9.17, 15) is 9.59 Å². The Hall–Kier alpha value is -1.16. The molecule has 0 atom stereocenters. The average molecular weight is 141 g/mol. The monoisotopic (exact) mass is 141 g/mol. The Morgan fingerprint density at radius 1 is 1.60 bits per heavy atom. The maximum absolute atomic E-state index is 10.7. The largest absolute Gasteiger partial charge is 0.392 e. The predicted molar refractivity (Wildman–Crippen MR) is 32.9 cm³/mol. The summed E-state index contributed by atoms with van der Waals surface area (Å²) in [5.74, 6) is -0.691. The molecule has 4 heteroatoms. The van der Waals surface area contributed by atoms with Gasteiger partial charge in [-0.2, -0.15) is 0 Å². The fourth-order valence-corrected chi connectivity index (χ4v) is 0.779. The second kappa shape index (κ2) is 2.62. The average Bonchev–Trinajstić information content (AvgIpc) is 2.13. The highest BCUT2D eigenvalue weighted by atomic mass is 16.2. The van der Waals surface area contributed by atoms with Gasteiger partial charge in [0.2, 0.25) is 5.91 Å². The minimum atomic E-state index is -0.390. The van der Waals surface area contributed by atoms with Crippen LogP contribution in [0.3, 0.4) is 0 Å². The highest BCUT2D eigenvalue weighted by molar-refractivity contribution is 6.13. The molecule has 1 rings (SSSR count). The summed E-state index contributed by atoms with van der Waals surface area (Å²) in [4.78, 5) is 21.1. The summed E-state index contributed by atoms with van der Waals surface area (Å²) < 4.78 is 0. The molecule has 0 saturated carbocycles. The Morgan fingerprint density at radius 3 is 2.70 bits per heavy atom. The lowest BCUT2D eigenvalue weighted by Crippen LogP contribution is -2.19. The second-order valence-corrected chi connectivity index (χ2v) is 1.97. The molecule has 0 spiro atoms. The summed E-state index contributed by atoms with van der Waals surface area (Å²) in [6, 6.07) is 0. The van der Waals surface area contributed by atoms with Gasteiger partial charge >= 0.3 is 0 Å². The van der Waals surface area contributed by atoms with Crippen LogP contribution in [0.4, 0.5) is 0 Å². The summed E-state index contributed by atoms with van der Waals surface area (Å²) in [6.07, 6.45) is 1.43. The van der Waals surface area contributed by atoms with E-state index in [1.807, 2.05) is 0 Å². The third kappa shape index (κ3) is 1.22. The van der Waals surface area contributed by atoms with E-state index in [0.717, 1.165) is 0 Å². The van der Waals surface area contributed by atoms with Gasteiger partial charge in [0.05, 0.1) is 13.0 Å². The van der Waals surface area contributed by atoms with Crippen LogP contribution < -0.4 is 5.32 Å². The fraction of sp³-hybridized carbons (Fsp3) is 0.333. The number of aliphatic hydroxyl groups is 1. The molecule has 2 N–H and O–H groups in total. The zero-order chi connectivity index (χ0) is 7.56. The molecule has 1 aliphatic rings. The van der Waals surface area contributed by atoms with Crippen LogP contribution >= 0.6 is 0 Å². The van der Waals surface area contributed by atoms with E-state index in [1.165, 1.54) is 6.08 Å². The number of aliphatic hydroxyl groups excluding tert-OH is 1. The Morgan fingerprint density at radius 2 is 2.30 bits per heavy atom. The molecule has 2 amide bonds. The first-order chi connectivity index (χ1) is 4.74. The van der Waals surface area contributed by atoms with E-state index in [1.54, 1.807) is 0 Å². The Kier molecular flexibility index (Phi) is 1.82. The molecule has 10 heavy (non-hydrogen) atoms. The molecule has 0 aromatic rings. The zero-order valence-electron chi connectivity index (χ0n) is 5.26. The van der Waals surface area contributed by atoms with Crippen LogP contribution in [0.2, 0.25) is 0 Å². The first-order valence-corrected chi connectivity index (χ1v) is 2.88. The molecule has 0 unspecified atom stereocenters. The Balaban J connectivity index is 2.72. The fourth-order valence-electron chi connectivity index (χ4n) is 0.779. The number of imide groups is 1. The van der Waals surface area contributed by atoms with Crippen molar-refractivity contribution in [2.24, 2.45) is 0 Å². The lowest BCUT2D eigenvalue weighted by molar-refractivity contribution is -0.124. The van der Waals surface area contributed by atoms with Crippen LogP contribution in [0.1, 0.15) is 6.42 Å². The molecular formula is C6H7NO3. The topological polar surface area (TPSA) is 66.4 Å². The molecule has 0 radical (unpaired) electrons. The van der Waals surface area contributed by atoms with E-state index in [-0.39, 0.29) is 24.8 Å². The van der Waals surface area contributed by atoms with Crippen LogP contribution in [-0.4, -0.2) is 23.5 Å². The molecule has 4 nitrogen and oxygen atoms in total. The quantitative estimate of drug-likeness (QED) is 0.362. The van der Waals surface area contributed by atoms with E-state index < -0.39 is 0 Å². The van der Waals surface area contributed by atoms with Crippen molar-refractivity contribution in [2.75, 3.05) is 6.61 Å². The van der Waals surface area contributed by atoms with Crippen molar-refractivity contribution in [1.82, 2.24) is 5.32 Å². The molecular weight excluding hydrogens is 134 g/mol. The first-order valence-electron chi connectivity index (χ1n) is 2.88. The van der Waals surface area contributed by atoms with Gasteiger partial charge in [0, 0.05) is 5.57 Å². The molecule has 54 valence electrons. The summed E-state index contributed by atoms with van der Waals surface area (Å²) >= 11 is 0. The van der Waals surface area contributed by atoms with Gasteiger partial charge in [0.15, 0.2) is 0 Å². The molecule has 0 aliphatic carbocycles. The highest BCUT2D eigenvalue weighted by Gasteiger charge is 2.22. The Bertz CT molecular complexity index is 207. The van der Waals surface area contributed by atoms with E-state index >= 15 is 0 Å². The van der Waals surface area contributed by atoms with Crippen molar-refractivity contribution >= 4 is 11.8 Å². The zero-order valence-corrected chi connectivity index (χ0v) is 5.26. The van der Waals surface area contributed by atoms with Crippen molar-refractivity contribution in [2.45, 2.75) is 6.42 Å². The molecule has 0 aromatic heterocycles. The van der Waals surface area contributed by atoms with Gasteiger partial charge in [0.25, 0.3) is 5.91 Å². The van der Waals surface area contributed by atoms with E-state index in [2.05, 4.69) is 5.32 Å². The maximum Gasteiger partial charge on any atom is 0.254 e. The van der Waals surface area contributed by atoms with Gasteiger partial charge < -0.3 is 5.11 Å². The van der Waals surface area contributed by atoms with Crippen LogP contribution in [0, 0.1) is 0 Å². The van der Waals surface area contributed by atoms with Crippen LogP contribution in [0.15, 0.2) is 11.6 Å².